The maximum atomic E-state index is 11.8. The van der Waals surface area contributed by atoms with Crippen LogP contribution in [-0.4, -0.2) is 75.9 Å². The van der Waals surface area contributed by atoms with Gasteiger partial charge in [-0.2, -0.15) is 0 Å². The molecule has 2 aliphatic heterocycles. The van der Waals surface area contributed by atoms with E-state index in [9.17, 15) is 9.90 Å². The number of hydrogen-bond donors (Lipinski definition) is 2. The number of morpholine rings is 1. The van der Waals surface area contributed by atoms with Crippen LogP contribution in [0.25, 0.3) is 32.4 Å². The first-order valence-corrected chi connectivity index (χ1v) is 14.8. The number of piperidine rings is 1. The highest BCUT2D eigenvalue weighted by atomic mass is 32.1. The fourth-order valence-electron chi connectivity index (χ4n) is 5.81. The number of rotatable bonds is 6. The molecule has 3 aromatic heterocycles. The fraction of sp³-hybridized carbons (Fsp3) is 0.467. The number of fused-ring (bicyclic) bond motifs is 2. The second-order valence-electron chi connectivity index (χ2n) is 11.3. The van der Waals surface area contributed by atoms with Gasteiger partial charge >= 0.3 is 0 Å². The third-order valence-electron chi connectivity index (χ3n) is 8.01. The molecule has 2 fully saturated rings. The van der Waals surface area contributed by atoms with Crippen molar-refractivity contribution in [2.75, 3.05) is 49.6 Å². The SMILES string of the molecule is CC(=O)Nc1ncc(-c2nc(N3CCOCC3)c3sc(CN4CCC(C(C)(C)O)CC4)cc3n2)c2ccccc12. The Hall–Kier alpha value is -3.18. The summed E-state index contributed by atoms with van der Waals surface area (Å²) in [5.41, 5.74) is 1.15. The second-order valence-corrected chi connectivity index (χ2v) is 12.5. The zero-order valence-corrected chi connectivity index (χ0v) is 24.1. The Labute approximate surface area is 238 Å². The van der Waals surface area contributed by atoms with Crippen LogP contribution < -0.4 is 10.2 Å². The number of carbonyl (C=O) groups is 1. The van der Waals surface area contributed by atoms with Crippen molar-refractivity contribution < 1.29 is 14.6 Å². The molecule has 1 amide bonds. The van der Waals surface area contributed by atoms with Crippen LogP contribution in [0, 0.1) is 5.92 Å². The number of nitrogens with zero attached hydrogens (tertiary/aromatic N) is 5. The molecule has 4 aromatic rings. The zero-order valence-electron chi connectivity index (χ0n) is 23.3. The summed E-state index contributed by atoms with van der Waals surface area (Å²) >= 11 is 1.77. The van der Waals surface area contributed by atoms with Gasteiger partial charge in [-0.05, 0) is 57.1 Å². The normalized spacial score (nSPS) is 17.6. The summed E-state index contributed by atoms with van der Waals surface area (Å²) in [5, 5.41) is 15.1. The number of hydrogen-bond acceptors (Lipinski definition) is 9. The smallest absolute Gasteiger partial charge is 0.222 e. The van der Waals surface area contributed by atoms with Crippen LogP contribution in [0.2, 0.25) is 0 Å². The zero-order chi connectivity index (χ0) is 27.9. The lowest BCUT2D eigenvalue weighted by atomic mass is 9.83. The maximum absolute atomic E-state index is 11.8. The molecule has 0 atom stereocenters. The summed E-state index contributed by atoms with van der Waals surface area (Å²) in [6.45, 7) is 11.1. The van der Waals surface area contributed by atoms with Crippen LogP contribution in [0.15, 0.2) is 36.5 Å². The topological polar surface area (TPSA) is 104 Å². The quantitative estimate of drug-likeness (QED) is 0.350. The van der Waals surface area contributed by atoms with Gasteiger partial charge in [-0.15, -0.1) is 11.3 Å². The van der Waals surface area contributed by atoms with Crippen molar-refractivity contribution in [3.63, 3.8) is 0 Å². The number of anilines is 2. The first kappa shape index (κ1) is 27.0. The van der Waals surface area contributed by atoms with E-state index in [4.69, 9.17) is 14.7 Å². The van der Waals surface area contributed by atoms with Crippen LogP contribution in [-0.2, 0) is 16.1 Å². The molecular weight excluding hydrogens is 524 g/mol. The largest absolute Gasteiger partial charge is 0.390 e. The van der Waals surface area contributed by atoms with Crippen LogP contribution >= 0.6 is 11.3 Å². The van der Waals surface area contributed by atoms with Crippen LogP contribution in [0.3, 0.4) is 0 Å². The van der Waals surface area contributed by atoms with Crippen molar-refractivity contribution in [3.05, 3.63) is 41.4 Å². The molecule has 1 aromatic carbocycles. The number of thiophene rings is 1. The molecule has 40 heavy (non-hydrogen) atoms. The summed E-state index contributed by atoms with van der Waals surface area (Å²) in [7, 11) is 0. The number of carbonyl (C=O) groups excluding carboxylic acids is 1. The van der Waals surface area contributed by atoms with Crippen molar-refractivity contribution >= 4 is 49.9 Å². The number of aliphatic hydroxyl groups is 1. The lowest BCUT2D eigenvalue weighted by molar-refractivity contribution is -0.114. The molecule has 0 radical (unpaired) electrons. The molecule has 0 bridgehead atoms. The first-order chi connectivity index (χ1) is 19.3. The molecule has 0 spiro atoms. The highest BCUT2D eigenvalue weighted by Gasteiger charge is 2.31. The van der Waals surface area contributed by atoms with Crippen molar-refractivity contribution in [2.24, 2.45) is 5.92 Å². The lowest BCUT2D eigenvalue weighted by Gasteiger charge is -2.37. The van der Waals surface area contributed by atoms with Gasteiger partial charge in [0, 0.05) is 48.6 Å². The summed E-state index contributed by atoms with van der Waals surface area (Å²) in [6, 6.07) is 10.1. The molecule has 5 heterocycles. The van der Waals surface area contributed by atoms with E-state index in [1.165, 1.54) is 11.8 Å². The molecule has 9 nitrogen and oxygen atoms in total. The molecule has 210 valence electrons. The van der Waals surface area contributed by atoms with Gasteiger partial charge in [0.15, 0.2) is 11.6 Å². The van der Waals surface area contributed by atoms with Crippen molar-refractivity contribution in [1.29, 1.82) is 0 Å². The average Bonchev–Trinajstić information content (AvgIpc) is 3.35. The Morgan fingerprint density at radius 1 is 1.12 bits per heavy atom. The van der Waals surface area contributed by atoms with Crippen LogP contribution in [0.5, 0.6) is 0 Å². The van der Waals surface area contributed by atoms with Gasteiger partial charge in [0.05, 0.1) is 29.0 Å². The Balaban J connectivity index is 1.38. The van der Waals surface area contributed by atoms with Gasteiger partial charge in [-0.3, -0.25) is 9.69 Å². The van der Waals surface area contributed by atoms with E-state index in [2.05, 4.69) is 26.2 Å². The van der Waals surface area contributed by atoms with Crippen molar-refractivity contribution in [3.8, 4) is 11.4 Å². The summed E-state index contributed by atoms with van der Waals surface area (Å²) in [4.78, 5) is 32.6. The number of amides is 1. The molecule has 0 aliphatic carbocycles. The first-order valence-electron chi connectivity index (χ1n) is 14.0. The number of pyridine rings is 1. The number of likely N-dealkylation sites (tertiary alicyclic amines) is 1. The van der Waals surface area contributed by atoms with E-state index in [-0.39, 0.29) is 5.91 Å². The van der Waals surface area contributed by atoms with E-state index in [0.717, 1.165) is 77.9 Å². The predicted octanol–water partition coefficient (Wildman–Crippen LogP) is 4.68. The van der Waals surface area contributed by atoms with Gasteiger partial charge in [-0.1, -0.05) is 24.3 Å². The second kappa shape index (κ2) is 11.0. The Morgan fingerprint density at radius 2 is 1.85 bits per heavy atom. The molecular formula is C30H36N6O3S. The Kier molecular flexibility index (Phi) is 7.43. The Morgan fingerprint density at radius 3 is 2.55 bits per heavy atom. The molecule has 2 N–H and O–H groups in total. The fourth-order valence-corrected chi connectivity index (χ4v) is 6.96. The van der Waals surface area contributed by atoms with Gasteiger partial charge in [0.25, 0.3) is 0 Å². The number of benzene rings is 1. The number of aromatic nitrogens is 3. The molecule has 0 saturated carbocycles. The number of ether oxygens (including phenoxy) is 1. The summed E-state index contributed by atoms with van der Waals surface area (Å²) in [6.07, 6.45) is 3.77. The average molecular weight is 561 g/mol. The van der Waals surface area contributed by atoms with E-state index < -0.39 is 5.60 Å². The third-order valence-corrected chi connectivity index (χ3v) is 9.12. The molecule has 2 saturated heterocycles. The summed E-state index contributed by atoms with van der Waals surface area (Å²) < 4.78 is 6.73. The highest BCUT2D eigenvalue weighted by Crippen LogP contribution is 2.38. The van der Waals surface area contributed by atoms with Gasteiger partial charge in [-0.25, -0.2) is 15.0 Å². The maximum Gasteiger partial charge on any atom is 0.222 e. The van der Waals surface area contributed by atoms with E-state index >= 15 is 0 Å². The summed E-state index contributed by atoms with van der Waals surface area (Å²) in [5.74, 6) is 2.28. The van der Waals surface area contributed by atoms with Crippen molar-refractivity contribution in [2.45, 2.75) is 45.8 Å². The molecule has 10 heteroatoms. The van der Waals surface area contributed by atoms with Crippen LogP contribution in [0.4, 0.5) is 11.6 Å². The monoisotopic (exact) mass is 560 g/mol. The lowest BCUT2D eigenvalue weighted by Crippen LogP contribution is -2.41. The number of nitrogens with one attached hydrogen (secondary N) is 1. The molecule has 0 unspecified atom stereocenters. The van der Waals surface area contributed by atoms with E-state index in [1.54, 1.807) is 17.5 Å². The minimum absolute atomic E-state index is 0.159. The van der Waals surface area contributed by atoms with Crippen molar-refractivity contribution in [1.82, 2.24) is 19.9 Å². The molecule has 2 aliphatic rings. The molecule has 6 rings (SSSR count). The van der Waals surface area contributed by atoms with Crippen LogP contribution in [0.1, 0.15) is 38.5 Å². The predicted molar refractivity (Wildman–Crippen MR) is 160 cm³/mol. The standard InChI is InChI=1S/C30H36N6O3S/c1-19(37)32-27-23-7-5-4-6-22(23)24(17-31-27)28-33-25-16-21(18-35-10-8-20(9-11-35)30(2,3)38)40-26(25)29(34-28)36-12-14-39-15-13-36/h4-7,16-17,20,38H,8-15,18H2,1-3H3,(H,31,32,37). The van der Waals surface area contributed by atoms with Gasteiger partial charge < -0.3 is 20.1 Å². The van der Waals surface area contributed by atoms with E-state index in [1.807, 2.05) is 38.1 Å². The van der Waals surface area contributed by atoms with Gasteiger partial charge in [0.1, 0.15) is 5.82 Å². The third kappa shape index (κ3) is 5.54. The Bertz CT molecular complexity index is 1530. The minimum Gasteiger partial charge on any atom is -0.390 e. The van der Waals surface area contributed by atoms with Gasteiger partial charge in [0.2, 0.25) is 5.91 Å². The highest BCUT2D eigenvalue weighted by molar-refractivity contribution is 7.19. The van der Waals surface area contributed by atoms with E-state index in [0.29, 0.717) is 30.8 Å². The minimum atomic E-state index is -0.623.